The molecule has 4 rings (SSSR count). The summed E-state index contributed by atoms with van der Waals surface area (Å²) in [5.74, 6) is 0.587. The zero-order chi connectivity index (χ0) is 24.9. The number of hydrogen-bond donors (Lipinski definition) is 0. The van der Waals surface area contributed by atoms with Crippen molar-refractivity contribution in [3.63, 3.8) is 0 Å². The Morgan fingerprint density at radius 2 is 1.97 bits per heavy atom. The molecule has 0 N–H and O–H groups in total. The molecule has 0 saturated carbocycles. The number of benzene rings is 1. The van der Waals surface area contributed by atoms with E-state index in [1.54, 1.807) is 6.20 Å². The van der Waals surface area contributed by atoms with Crippen LogP contribution in [-0.2, 0) is 12.8 Å². The van der Waals surface area contributed by atoms with Gasteiger partial charge in [0.25, 0.3) is 5.91 Å². The summed E-state index contributed by atoms with van der Waals surface area (Å²) in [6.07, 6.45) is 5.73. The Labute approximate surface area is 209 Å². The van der Waals surface area contributed by atoms with Gasteiger partial charge in [-0.1, -0.05) is 6.92 Å². The van der Waals surface area contributed by atoms with Gasteiger partial charge in [0.15, 0.2) is 0 Å². The predicted molar refractivity (Wildman–Crippen MR) is 138 cm³/mol. The third kappa shape index (κ3) is 5.28. The Hall–Kier alpha value is -3.11. The number of nitrogens with zero attached hydrogens (tertiary/aromatic N) is 5. The maximum Gasteiger partial charge on any atom is 0.254 e. The van der Waals surface area contributed by atoms with Crippen molar-refractivity contribution in [1.82, 2.24) is 14.8 Å². The van der Waals surface area contributed by atoms with Gasteiger partial charge >= 0.3 is 0 Å². The molecule has 35 heavy (non-hydrogen) atoms. The second kappa shape index (κ2) is 11.1. The quantitative estimate of drug-likeness (QED) is 0.541. The van der Waals surface area contributed by atoms with E-state index in [4.69, 9.17) is 4.74 Å². The van der Waals surface area contributed by atoms with Crippen LogP contribution >= 0.6 is 0 Å². The lowest BCUT2D eigenvalue weighted by atomic mass is 9.92. The number of carbonyl (C=O) groups excluding carboxylic acids is 1. The zero-order valence-corrected chi connectivity index (χ0v) is 21.5. The minimum absolute atomic E-state index is 0.0639. The van der Waals surface area contributed by atoms with E-state index in [1.807, 2.05) is 24.8 Å². The van der Waals surface area contributed by atoms with Gasteiger partial charge in [-0.25, -0.2) is 0 Å². The Morgan fingerprint density at radius 1 is 1.20 bits per heavy atom. The lowest BCUT2D eigenvalue weighted by Gasteiger charge is -2.36. The molecule has 2 aliphatic rings. The van der Waals surface area contributed by atoms with Crippen LogP contribution in [-0.4, -0.2) is 67.1 Å². The highest BCUT2D eigenvalue weighted by Gasteiger charge is 2.32. The number of hydrogen-bond acceptors (Lipinski definition) is 6. The molecule has 2 aliphatic heterocycles. The smallest absolute Gasteiger partial charge is 0.254 e. The average Bonchev–Trinajstić information content (AvgIpc) is 3.42. The summed E-state index contributed by atoms with van der Waals surface area (Å²) >= 11 is 0. The summed E-state index contributed by atoms with van der Waals surface area (Å²) < 4.78 is 5.66. The maximum absolute atomic E-state index is 13.9. The zero-order valence-electron chi connectivity index (χ0n) is 21.5. The molecule has 1 aromatic carbocycles. The number of likely N-dealkylation sites (N-methyl/N-ethyl adjacent to an activating group) is 1. The number of rotatable bonds is 9. The molecule has 7 nitrogen and oxygen atoms in total. The fraction of sp³-hybridized carbons (Fsp3) is 0.536. The Bertz CT molecular complexity index is 1100. The summed E-state index contributed by atoms with van der Waals surface area (Å²) in [6, 6.07) is 8.18. The molecule has 0 aliphatic carbocycles. The van der Waals surface area contributed by atoms with Gasteiger partial charge in [0.2, 0.25) is 0 Å². The van der Waals surface area contributed by atoms with Crippen LogP contribution in [0.25, 0.3) is 0 Å². The van der Waals surface area contributed by atoms with Crippen molar-refractivity contribution in [2.45, 2.75) is 52.5 Å². The van der Waals surface area contributed by atoms with E-state index in [1.165, 1.54) is 29.7 Å². The largest absolute Gasteiger partial charge is 0.492 e. The number of amides is 1. The molecule has 2 aromatic rings. The molecule has 1 fully saturated rings. The van der Waals surface area contributed by atoms with Gasteiger partial charge in [0.05, 0.1) is 18.3 Å². The maximum atomic E-state index is 13.9. The van der Waals surface area contributed by atoms with Crippen LogP contribution in [0, 0.1) is 11.3 Å². The Balaban J connectivity index is 1.65. The highest BCUT2D eigenvalue weighted by molar-refractivity contribution is 5.99. The van der Waals surface area contributed by atoms with E-state index in [-0.39, 0.29) is 11.9 Å². The van der Waals surface area contributed by atoms with E-state index >= 15 is 0 Å². The standard InChI is InChI=1S/C28H37N5O2/c1-5-31(4)13-9-21-15-24-23(26(16-21)32-11-7-8-12-32)10-14-33(28(24)34)20(3)25-17-27(35-6-2)22(18-29)19-30-25/h15-17,19-20H,5-14H2,1-4H3. The van der Waals surface area contributed by atoms with Gasteiger partial charge in [0.1, 0.15) is 17.4 Å². The second-order valence-electron chi connectivity index (χ2n) is 9.56. The van der Waals surface area contributed by atoms with E-state index < -0.39 is 0 Å². The monoisotopic (exact) mass is 475 g/mol. The van der Waals surface area contributed by atoms with Gasteiger partial charge in [-0.2, -0.15) is 5.26 Å². The second-order valence-corrected chi connectivity index (χ2v) is 9.56. The summed E-state index contributed by atoms with van der Waals surface area (Å²) in [4.78, 5) is 25.1. The SMILES string of the molecule is CCOc1cc(C(C)N2CCc3c(cc(CCN(C)CC)cc3N3CCCC3)C2=O)ncc1C#N. The van der Waals surface area contributed by atoms with Gasteiger partial charge in [-0.15, -0.1) is 0 Å². The molecular weight excluding hydrogens is 438 g/mol. The van der Waals surface area contributed by atoms with Crippen molar-refractivity contribution < 1.29 is 9.53 Å². The van der Waals surface area contributed by atoms with E-state index in [0.717, 1.165) is 50.3 Å². The molecular formula is C28H37N5O2. The fourth-order valence-electron chi connectivity index (χ4n) is 5.09. The van der Waals surface area contributed by atoms with Gasteiger partial charge in [-0.3, -0.25) is 9.78 Å². The molecule has 1 atom stereocenters. The highest BCUT2D eigenvalue weighted by Crippen LogP contribution is 2.36. The molecule has 0 bridgehead atoms. The summed E-state index contributed by atoms with van der Waals surface area (Å²) in [6.45, 7) is 11.3. The Kier molecular flexibility index (Phi) is 7.92. The highest BCUT2D eigenvalue weighted by atomic mass is 16.5. The van der Waals surface area contributed by atoms with Crippen LogP contribution in [0.1, 0.15) is 72.4 Å². The first kappa shape index (κ1) is 25.0. The molecule has 186 valence electrons. The van der Waals surface area contributed by atoms with Gasteiger partial charge in [-0.05, 0) is 76.4 Å². The van der Waals surface area contributed by atoms with Crippen molar-refractivity contribution in [2.75, 3.05) is 51.3 Å². The molecule has 0 radical (unpaired) electrons. The number of anilines is 1. The number of fused-ring (bicyclic) bond motifs is 1. The van der Waals surface area contributed by atoms with Crippen molar-refractivity contribution in [2.24, 2.45) is 0 Å². The molecule has 1 aromatic heterocycles. The van der Waals surface area contributed by atoms with E-state index in [0.29, 0.717) is 24.5 Å². The van der Waals surface area contributed by atoms with Crippen LogP contribution in [0.15, 0.2) is 24.4 Å². The number of nitriles is 1. The lowest BCUT2D eigenvalue weighted by molar-refractivity contribution is 0.0669. The summed E-state index contributed by atoms with van der Waals surface area (Å²) in [7, 11) is 2.13. The van der Waals surface area contributed by atoms with E-state index in [2.05, 4.69) is 47.0 Å². The Morgan fingerprint density at radius 3 is 2.66 bits per heavy atom. The minimum atomic E-state index is -0.215. The first-order valence-electron chi connectivity index (χ1n) is 12.9. The number of ether oxygens (including phenoxy) is 1. The molecule has 1 unspecified atom stereocenters. The fourth-order valence-corrected chi connectivity index (χ4v) is 5.09. The van der Waals surface area contributed by atoms with Crippen molar-refractivity contribution in [3.8, 4) is 11.8 Å². The normalized spacial score (nSPS) is 16.4. The molecule has 0 spiro atoms. The lowest BCUT2D eigenvalue weighted by Crippen LogP contribution is -2.40. The minimum Gasteiger partial charge on any atom is -0.492 e. The summed E-state index contributed by atoms with van der Waals surface area (Å²) in [5, 5.41) is 9.37. The van der Waals surface area contributed by atoms with E-state index in [9.17, 15) is 10.1 Å². The van der Waals surface area contributed by atoms with Crippen LogP contribution in [0.3, 0.4) is 0 Å². The summed E-state index contributed by atoms with van der Waals surface area (Å²) in [5.41, 5.74) is 5.66. The molecule has 1 saturated heterocycles. The number of aromatic nitrogens is 1. The number of pyridine rings is 1. The van der Waals surface area contributed by atoms with Gasteiger partial charge in [0, 0.05) is 49.7 Å². The topological polar surface area (TPSA) is 72.7 Å². The van der Waals surface area contributed by atoms with Crippen molar-refractivity contribution >= 4 is 11.6 Å². The average molecular weight is 476 g/mol. The number of carbonyl (C=O) groups is 1. The van der Waals surface area contributed by atoms with Gasteiger partial charge < -0.3 is 19.4 Å². The van der Waals surface area contributed by atoms with Crippen LogP contribution in [0.4, 0.5) is 5.69 Å². The third-order valence-electron chi connectivity index (χ3n) is 7.35. The third-order valence-corrected chi connectivity index (χ3v) is 7.35. The van der Waals surface area contributed by atoms with Crippen molar-refractivity contribution in [1.29, 1.82) is 5.26 Å². The molecule has 3 heterocycles. The molecule has 1 amide bonds. The van der Waals surface area contributed by atoms with Crippen LogP contribution in [0.5, 0.6) is 5.75 Å². The first-order chi connectivity index (χ1) is 17.0. The molecule has 7 heteroatoms. The first-order valence-corrected chi connectivity index (χ1v) is 12.9. The predicted octanol–water partition coefficient (Wildman–Crippen LogP) is 4.21. The van der Waals surface area contributed by atoms with Crippen LogP contribution in [0.2, 0.25) is 0 Å². The van der Waals surface area contributed by atoms with Crippen molar-refractivity contribution in [3.05, 3.63) is 52.3 Å². The van der Waals surface area contributed by atoms with Crippen LogP contribution < -0.4 is 9.64 Å².